The number of nitrogens with zero attached hydrogens (tertiary/aromatic N) is 4. The van der Waals surface area contributed by atoms with E-state index in [0.717, 1.165) is 46.9 Å². The van der Waals surface area contributed by atoms with Crippen molar-refractivity contribution in [2.75, 3.05) is 0 Å². The van der Waals surface area contributed by atoms with Crippen molar-refractivity contribution in [2.24, 2.45) is 5.73 Å². The van der Waals surface area contributed by atoms with E-state index in [9.17, 15) is 0 Å². The van der Waals surface area contributed by atoms with Crippen LogP contribution in [0.2, 0.25) is 0 Å². The van der Waals surface area contributed by atoms with Gasteiger partial charge in [-0.3, -0.25) is 4.57 Å². The molecule has 0 aliphatic heterocycles. The molecular formula is C23H25N5. The minimum absolute atomic E-state index is 0.164. The Labute approximate surface area is 165 Å². The van der Waals surface area contributed by atoms with Gasteiger partial charge in [0.05, 0.1) is 6.20 Å². The largest absolute Gasteiger partial charge is 0.321 e. The maximum atomic E-state index is 6.48. The number of allylic oxidation sites excluding steroid dienone is 5. The number of aromatic nitrogens is 4. The number of hydrogen-bond donors (Lipinski definition) is 1. The highest BCUT2D eigenvalue weighted by Gasteiger charge is 2.34. The third-order valence-electron chi connectivity index (χ3n) is 5.41. The van der Waals surface area contributed by atoms with Gasteiger partial charge in [0.2, 0.25) is 0 Å². The fourth-order valence-corrected chi connectivity index (χ4v) is 3.61. The minimum atomic E-state index is -0.164. The molecule has 2 aromatic heterocycles. The molecule has 0 radical (unpaired) electrons. The van der Waals surface area contributed by atoms with E-state index in [1.54, 1.807) is 12.3 Å². The average Bonchev–Trinajstić information content (AvgIpc) is 3.05. The zero-order valence-electron chi connectivity index (χ0n) is 16.4. The van der Waals surface area contributed by atoms with Gasteiger partial charge in [0.15, 0.2) is 5.65 Å². The minimum Gasteiger partial charge on any atom is -0.321 e. The summed E-state index contributed by atoms with van der Waals surface area (Å²) in [5, 5.41) is 0. The first-order chi connectivity index (χ1) is 13.5. The SMILES string of the molecule is C=C/C=C\C=C(/C)c1nc2cnc(C)nc2n1-c1ccc(C2(N)CCC2)cc1. The molecule has 2 heterocycles. The van der Waals surface area contributed by atoms with E-state index in [-0.39, 0.29) is 5.54 Å². The van der Waals surface area contributed by atoms with Crippen LogP contribution in [0.1, 0.15) is 43.4 Å². The van der Waals surface area contributed by atoms with Crippen LogP contribution in [0.25, 0.3) is 22.4 Å². The molecule has 1 aliphatic rings. The van der Waals surface area contributed by atoms with Gasteiger partial charge in [-0.25, -0.2) is 15.0 Å². The van der Waals surface area contributed by atoms with Gasteiger partial charge in [-0.1, -0.05) is 43.0 Å². The van der Waals surface area contributed by atoms with Gasteiger partial charge in [-0.2, -0.15) is 0 Å². The molecule has 5 nitrogen and oxygen atoms in total. The number of rotatable bonds is 5. The van der Waals surface area contributed by atoms with E-state index >= 15 is 0 Å². The zero-order chi connectivity index (χ0) is 19.7. The number of aryl methyl sites for hydroxylation is 1. The van der Waals surface area contributed by atoms with Crippen LogP contribution in [0.4, 0.5) is 0 Å². The van der Waals surface area contributed by atoms with Crippen LogP contribution in [-0.4, -0.2) is 19.5 Å². The second kappa shape index (κ2) is 7.17. The summed E-state index contributed by atoms with van der Waals surface area (Å²) < 4.78 is 2.09. The topological polar surface area (TPSA) is 69.6 Å². The summed E-state index contributed by atoms with van der Waals surface area (Å²) in [6.45, 7) is 7.65. The third kappa shape index (κ3) is 3.18. The van der Waals surface area contributed by atoms with E-state index in [4.69, 9.17) is 10.7 Å². The smallest absolute Gasteiger partial charge is 0.168 e. The van der Waals surface area contributed by atoms with Gasteiger partial charge in [0, 0.05) is 11.2 Å². The van der Waals surface area contributed by atoms with Gasteiger partial charge in [0.25, 0.3) is 0 Å². The lowest BCUT2D eigenvalue weighted by Crippen LogP contribution is -2.43. The van der Waals surface area contributed by atoms with Crippen LogP contribution in [0.5, 0.6) is 0 Å². The summed E-state index contributed by atoms with van der Waals surface area (Å²) in [6.07, 6.45) is 12.7. The number of nitrogens with two attached hydrogens (primary N) is 1. The number of fused-ring (bicyclic) bond motifs is 1. The molecule has 2 N–H and O–H groups in total. The normalized spacial score (nSPS) is 16.5. The van der Waals surface area contributed by atoms with Crippen LogP contribution in [-0.2, 0) is 5.54 Å². The van der Waals surface area contributed by atoms with Crippen LogP contribution >= 0.6 is 0 Å². The summed E-state index contributed by atoms with van der Waals surface area (Å²) in [7, 11) is 0. The molecule has 1 aliphatic carbocycles. The zero-order valence-corrected chi connectivity index (χ0v) is 16.4. The van der Waals surface area contributed by atoms with E-state index < -0.39 is 0 Å². The Hall–Kier alpha value is -3.05. The lowest BCUT2D eigenvalue weighted by atomic mass is 9.73. The van der Waals surface area contributed by atoms with Crippen molar-refractivity contribution in [1.29, 1.82) is 0 Å². The standard InChI is InChI=1S/C23H25N5/c1-4-5-6-8-16(2)21-27-20-15-25-17(3)26-22(20)28(21)19-11-9-18(10-12-19)23(24)13-7-14-23/h4-6,8-12,15H,1,7,13-14,24H2,2-3H3/b6-5-,16-8+. The molecule has 0 atom stereocenters. The molecule has 0 spiro atoms. The molecule has 0 saturated heterocycles. The maximum absolute atomic E-state index is 6.48. The maximum Gasteiger partial charge on any atom is 0.168 e. The first-order valence-corrected chi connectivity index (χ1v) is 9.60. The number of hydrogen-bond acceptors (Lipinski definition) is 4. The molecule has 3 aromatic rings. The second-order valence-corrected chi connectivity index (χ2v) is 7.42. The van der Waals surface area contributed by atoms with Crippen molar-refractivity contribution >= 4 is 16.7 Å². The summed E-state index contributed by atoms with van der Waals surface area (Å²) in [6, 6.07) is 8.48. The molecule has 1 fully saturated rings. The van der Waals surface area contributed by atoms with Gasteiger partial charge in [-0.05, 0) is 56.4 Å². The Bertz CT molecular complexity index is 1080. The molecule has 0 amide bonds. The van der Waals surface area contributed by atoms with E-state index in [0.29, 0.717) is 0 Å². The average molecular weight is 371 g/mol. The quantitative estimate of drug-likeness (QED) is 0.665. The van der Waals surface area contributed by atoms with E-state index in [2.05, 4.69) is 45.4 Å². The number of benzene rings is 1. The second-order valence-electron chi connectivity index (χ2n) is 7.42. The van der Waals surface area contributed by atoms with Crippen molar-refractivity contribution < 1.29 is 0 Å². The molecule has 142 valence electrons. The van der Waals surface area contributed by atoms with Gasteiger partial charge in [-0.15, -0.1) is 0 Å². The van der Waals surface area contributed by atoms with Crippen molar-refractivity contribution in [1.82, 2.24) is 19.5 Å². The van der Waals surface area contributed by atoms with E-state index in [1.807, 2.05) is 32.1 Å². The summed E-state index contributed by atoms with van der Waals surface area (Å²) in [5.74, 6) is 1.57. The van der Waals surface area contributed by atoms with Gasteiger partial charge >= 0.3 is 0 Å². The van der Waals surface area contributed by atoms with Crippen molar-refractivity contribution in [3.8, 4) is 5.69 Å². The van der Waals surface area contributed by atoms with Crippen molar-refractivity contribution in [3.05, 3.63) is 78.6 Å². The Balaban J connectivity index is 1.85. The Morgan fingerprint density at radius 2 is 1.93 bits per heavy atom. The van der Waals surface area contributed by atoms with Crippen LogP contribution in [0.15, 0.2) is 61.3 Å². The highest BCUT2D eigenvalue weighted by Crippen LogP contribution is 2.39. The summed E-state index contributed by atoms with van der Waals surface area (Å²) in [4.78, 5) is 13.8. The van der Waals surface area contributed by atoms with Crippen LogP contribution in [0.3, 0.4) is 0 Å². The van der Waals surface area contributed by atoms with Crippen LogP contribution in [0, 0.1) is 6.92 Å². The Kier molecular flexibility index (Phi) is 4.69. The lowest BCUT2D eigenvalue weighted by molar-refractivity contribution is 0.253. The van der Waals surface area contributed by atoms with Crippen molar-refractivity contribution in [3.63, 3.8) is 0 Å². The van der Waals surface area contributed by atoms with Gasteiger partial charge < -0.3 is 5.73 Å². The molecule has 28 heavy (non-hydrogen) atoms. The molecule has 4 rings (SSSR count). The van der Waals surface area contributed by atoms with Crippen molar-refractivity contribution in [2.45, 2.75) is 38.6 Å². The van der Waals surface area contributed by atoms with Crippen LogP contribution < -0.4 is 5.73 Å². The molecule has 5 heteroatoms. The molecule has 1 aromatic carbocycles. The highest BCUT2D eigenvalue weighted by atomic mass is 15.1. The fourth-order valence-electron chi connectivity index (χ4n) is 3.61. The molecule has 0 bridgehead atoms. The molecule has 1 saturated carbocycles. The monoisotopic (exact) mass is 371 g/mol. The molecule has 0 unspecified atom stereocenters. The Morgan fingerprint density at radius 3 is 2.57 bits per heavy atom. The first kappa shape index (κ1) is 18.3. The lowest BCUT2D eigenvalue weighted by Gasteiger charge is -2.38. The predicted octanol–water partition coefficient (Wildman–Crippen LogP) is 4.61. The predicted molar refractivity (Wildman–Crippen MR) is 114 cm³/mol. The van der Waals surface area contributed by atoms with Gasteiger partial charge in [0.1, 0.15) is 17.2 Å². The Morgan fingerprint density at radius 1 is 1.18 bits per heavy atom. The number of imidazole rings is 1. The summed E-state index contributed by atoms with van der Waals surface area (Å²) in [5.41, 5.74) is 11.2. The highest BCUT2D eigenvalue weighted by molar-refractivity contribution is 5.78. The fraction of sp³-hybridized carbons (Fsp3) is 0.261. The third-order valence-corrected chi connectivity index (χ3v) is 5.41. The first-order valence-electron chi connectivity index (χ1n) is 9.60. The molecular weight excluding hydrogens is 346 g/mol. The van der Waals surface area contributed by atoms with E-state index in [1.165, 1.54) is 12.0 Å². The summed E-state index contributed by atoms with van der Waals surface area (Å²) >= 11 is 0.